The molecular weight excluding hydrogens is 260 g/mol. The Labute approximate surface area is 118 Å². The highest BCUT2D eigenvalue weighted by molar-refractivity contribution is 5.75. The van der Waals surface area contributed by atoms with Crippen molar-refractivity contribution in [3.8, 4) is 0 Å². The largest absolute Gasteiger partial charge is 0.444 e. The maximum absolute atomic E-state index is 11.7. The van der Waals surface area contributed by atoms with Crippen LogP contribution in [0.25, 0.3) is 0 Å². The predicted molar refractivity (Wildman–Crippen MR) is 74.6 cm³/mol. The first-order valence-corrected chi connectivity index (χ1v) is 6.43. The molecule has 1 rings (SSSR count). The van der Waals surface area contributed by atoms with Gasteiger partial charge in [-0.2, -0.15) is 9.78 Å². The summed E-state index contributed by atoms with van der Waals surface area (Å²) in [5.74, 6) is 0. The lowest BCUT2D eigenvalue weighted by molar-refractivity contribution is 0.0301. The number of ether oxygens (including phenoxy) is 1. The zero-order valence-electron chi connectivity index (χ0n) is 12.6. The zero-order valence-corrected chi connectivity index (χ0v) is 12.6. The molecule has 20 heavy (non-hydrogen) atoms. The van der Waals surface area contributed by atoms with E-state index in [0.717, 1.165) is 5.69 Å². The molecule has 0 aromatic carbocycles. The standard InChI is InChI=1S/C13H22N4O3/c1-10-6-8-17(15-10)11(18)14-7-9-16(5)12(19)20-13(2,3)4/h6,8H,7,9H2,1-5H3,(H,14,18). The fraction of sp³-hybridized carbons (Fsp3) is 0.615. The number of hydrogen-bond acceptors (Lipinski definition) is 4. The summed E-state index contributed by atoms with van der Waals surface area (Å²) in [6.45, 7) is 7.91. The molecule has 0 bridgehead atoms. The van der Waals surface area contributed by atoms with E-state index in [4.69, 9.17) is 4.74 Å². The fourth-order valence-corrected chi connectivity index (χ4v) is 1.37. The molecule has 1 N–H and O–H groups in total. The molecule has 1 aromatic heterocycles. The number of carbonyl (C=O) groups excluding carboxylic acids is 2. The number of aromatic nitrogens is 2. The van der Waals surface area contributed by atoms with E-state index < -0.39 is 11.7 Å². The van der Waals surface area contributed by atoms with Crippen molar-refractivity contribution in [1.82, 2.24) is 20.0 Å². The fourth-order valence-electron chi connectivity index (χ4n) is 1.37. The quantitative estimate of drug-likeness (QED) is 0.914. The van der Waals surface area contributed by atoms with Crippen molar-refractivity contribution < 1.29 is 14.3 Å². The Morgan fingerprint density at radius 3 is 2.60 bits per heavy atom. The van der Waals surface area contributed by atoms with E-state index in [0.29, 0.717) is 13.1 Å². The first-order chi connectivity index (χ1) is 9.19. The number of aryl methyl sites for hydroxylation is 1. The molecule has 7 nitrogen and oxygen atoms in total. The highest BCUT2D eigenvalue weighted by Crippen LogP contribution is 2.08. The summed E-state index contributed by atoms with van der Waals surface area (Å²) < 4.78 is 6.43. The van der Waals surface area contributed by atoms with Crippen LogP contribution in [0.3, 0.4) is 0 Å². The van der Waals surface area contributed by atoms with Gasteiger partial charge in [0, 0.05) is 26.3 Å². The first kappa shape index (κ1) is 16.0. The topological polar surface area (TPSA) is 76.5 Å². The molecule has 0 atom stereocenters. The Kier molecular flexibility index (Phi) is 5.12. The molecule has 0 spiro atoms. The maximum atomic E-state index is 11.7. The summed E-state index contributed by atoms with van der Waals surface area (Å²) in [6.07, 6.45) is 1.17. The van der Waals surface area contributed by atoms with Crippen molar-refractivity contribution in [2.75, 3.05) is 20.1 Å². The zero-order chi connectivity index (χ0) is 15.3. The molecule has 112 valence electrons. The van der Waals surface area contributed by atoms with E-state index in [1.807, 2.05) is 0 Å². The van der Waals surface area contributed by atoms with Crippen molar-refractivity contribution in [2.45, 2.75) is 33.3 Å². The summed E-state index contributed by atoms with van der Waals surface area (Å²) in [6, 6.07) is 1.42. The van der Waals surface area contributed by atoms with Crippen LogP contribution >= 0.6 is 0 Å². The Balaban J connectivity index is 2.33. The lowest BCUT2D eigenvalue weighted by Crippen LogP contribution is -2.40. The van der Waals surface area contributed by atoms with E-state index >= 15 is 0 Å². The van der Waals surface area contributed by atoms with Crippen LogP contribution in [0.1, 0.15) is 26.5 Å². The third-order valence-corrected chi connectivity index (χ3v) is 2.36. The summed E-state index contributed by atoms with van der Waals surface area (Å²) in [4.78, 5) is 24.8. The van der Waals surface area contributed by atoms with E-state index in [-0.39, 0.29) is 6.03 Å². The monoisotopic (exact) mass is 282 g/mol. The molecule has 0 saturated heterocycles. The van der Waals surface area contributed by atoms with Crippen LogP contribution in [0.15, 0.2) is 12.3 Å². The van der Waals surface area contributed by atoms with Gasteiger partial charge in [-0.3, -0.25) is 0 Å². The lowest BCUT2D eigenvalue weighted by Gasteiger charge is -2.24. The SMILES string of the molecule is Cc1ccn(C(=O)NCCN(C)C(=O)OC(C)(C)C)n1. The van der Waals surface area contributed by atoms with E-state index in [9.17, 15) is 9.59 Å². The van der Waals surface area contributed by atoms with Crippen molar-refractivity contribution in [3.63, 3.8) is 0 Å². The Morgan fingerprint density at radius 2 is 2.10 bits per heavy atom. The second-order valence-electron chi connectivity index (χ2n) is 5.54. The average Bonchev–Trinajstić information content (AvgIpc) is 2.73. The number of hydrogen-bond donors (Lipinski definition) is 1. The van der Waals surface area contributed by atoms with Crippen LogP contribution in [0.5, 0.6) is 0 Å². The molecule has 0 fully saturated rings. The first-order valence-electron chi connectivity index (χ1n) is 6.43. The molecule has 0 saturated carbocycles. The summed E-state index contributed by atoms with van der Waals surface area (Å²) in [5.41, 5.74) is 0.243. The average molecular weight is 282 g/mol. The number of rotatable bonds is 3. The van der Waals surface area contributed by atoms with Gasteiger partial charge in [-0.15, -0.1) is 0 Å². The molecule has 2 amide bonds. The summed E-state index contributed by atoms with van der Waals surface area (Å²) in [5, 5.41) is 6.66. The molecule has 1 aromatic rings. The molecule has 0 radical (unpaired) electrons. The van der Waals surface area contributed by atoms with Gasteiger partial charge in [0.15, 0.2) is 0 Å². The molecular formula is C13H22N4O3. The van der Waals surface area contributed by atoms with Gasteiger partial charge in [-0.05, 0) is 33.8 Å². The molecule has 0 unspecified atom stereocenters. The number of nitrogens with zero attached hydrogens (tertiary/aromatic N) is 3. The van der Waals surface area contributed by atoms with Crippen molar-refractivity contribution in [3.05, 3.63) is 18.0 Å². The van der Waals surface area contributed by atoms with Gasteiger partial charge >= 0.3 is 12.1 Å². The van der Waals surface area contributed by atoms with Gasteiger partial charge in [-0.25, -0.2) is 9.59 Å². The number of carbonyl (C=O) groups is 2. The van der Waals surface area contributed by atoms with Crippen LogP contribution in [0, 0.1) is 6.92 Å². The van der Waals surface area contributed by atoms with Crippen molar-refractivity contribution in [1.29, 1.82) is 0 Å². The normalized spacial score (nSPS) is 11.1. The second kappa shape index (κ2) is 6.40. The number of amides is 2. The smallest absolute Gasteiger partial charge is 0.410 e. The van der Waals surface area contributed by atoms with Gasteiger partial charge in [-0.1, -0.05) is 0 Å². The third-order valence-electron chi connectivity index (χ3n) is 2.36. The van der Waals surface area contributed by atoms with Gasteiger partial charge in [0.2, 0.25) is 0 Å². The van der Waals surface area contributed by atoms with Gasteiger partial charge < -0.3 is 15.0 Å². The minimum absolute atomic E-state index is 0.323. The van der Waals surface area contributed by atoms with Crippen LogP contribution < -0.4 is 5.32 Å². The Morgan fingerprint density at radius 1 is 1.45 bits per heavy atom. The maximum Gasteiger partial charge on any atom is 0.410 e. The lowest BCUT2D eigenvalue weighted by atomic mass is 10.2. The molecule has 0 aliphatic carbocycles. The van der Waals surface area contributed by atoms with Crippen LogP contribution in [-0.4, -0.2) is 52.5 Å². The third kappa shape index (κ3) is 5.29. The minimum Gasteiger partial charge on any atom is -0.444 e. The second-order valence-corrected chi connectivity index (χ2v) is 5.54. The molecule has 0 aliphatic heterocycles. The predicted octanol–water partition coefficient (Wildman–Crippen LogP) is 1.62. The highest BCUT2D eigenvalue weighted by atomic mass is 16.6. The van der Waals surface area contributed by atoms with E-state index in [1.165, 1.54) is 9.58 Å². The summed E-state index contributed by atoms with van der Waals surface area (Å²) in [7, 11) is 1.62. The van der Waals surface area contributed by atoms with Crippen molar-refractivity contribution >= 4 is 12.1 Å². The number of likely N-dealkylation sites (N-methyl/N-ethyl adjacent to an activating group) is 1. The van der Waals surface area contributed by atoms with Crippen LogP contribution in [0.2, 0.25) is 0 Å². The molecule has 7 heteroatoms. The minimum atomic E-state index is -0.527. The Bertz CT molecular complexity index is 476. The van der Waals surface area contributed by atoms with Gasteiger partial charge in [0.1, 0.15) is 5.60 Å². The molecule has 0 aliphatic rings. The van der Waals surface area contributed by atoms with Crippen molar-refractivity contribution in [2.24, 2.45) is 0 Å². The highest BCUT2D eigenvalue weighted by Gasteiger charge is 2.19. The van der Waals surface area contributed by atoms with Crippen LogP contribution in [-0.2, 0) is 4.74 Å². The summed E-state index contributed by atoms with van der Waals surface area (Å²) >= 11 is 0. The molecule has 1 heterocycles. The van der Waals surface area contributed by atoms with E-state index in [1.54, 1.807) is 47.0 Å². The van der Waals surface area contributed by atoms with E-state index in [2.05, 4.69) is 10.4 Å². The Hall–Kier alpha value is -2.05. The number of nitrogens with one attached hydrogen (secondary N) is 1. The van der Waals surface area contributed by atoms with Crippen LogP contribution in [0.4, 0.5) is 9.59 Å². The van der Waals surface area contributed by atoms with Gasteiger partial charge in [0.05, 0.1) is 5.69 Å². The van der Waals surface area contributed by atoms with Gasteiger partial charge in [0.25, 0.3) is 0 Å².